The summed E-state index contributed by atoms with van der Waals surface area (Å²) in [5, 5.41) is 8.39. The van der Waals surface area contributed by atoms with Gasteiger partial charge in [-0.15, -0.1) is 0 Å². The lowest BCUT2D eigenvalue weighted by Crippen LogP contribution is -2.27. The SMILES string of the molecule is COc1cc(F)ccc1N=C(N)NO. The Labute approximate surface area is 80.0 Å². The maximum Gasteiger partial charge on any atom is 0.218 e. The third kappa shape index (κ3) is 2.33. The number of nitrogens with one attached hydrogen (secondary N) is 1. The van der Waals surface area contributed by atoms with E-state index < -0.39 is 5.82 Å². The van der Waals surface area contributed by atoms with Gasteiger partial charge in [0.25, 0.3) is 0 Å². The van der Waals surface area contributed by atoms with E-state index in [0.29, 0.717) is 5.69 Å². The fourth-order valence-electron chi connectivity index (χ4n) is 0.899. The monoisotopic (exact) mass is 199 g/mol. The topological polar surface area (TPSA) is 79.9 Å². The van der Waals surface area contributed by atoms with E-state index in [4.69, 9.17) is 15.7 Å². The Balaban J connectivity index is 3.08. The number of ether oxygens (including phenoxy) is 1. The summed E-state index contributed by atoms with van der Waals surface area (Å²) in [5.41, 5.74) is 7.19. The van der Waals surface area contributed by atoms with Crippen molar-refractivity contribution in [2.45, 2.75) is 0 Å². The van der Waals surface area contributed by atoms with Crippen molar-refractivity contribution in [2.75, 3.05) is 7.11 Å². The summed E-state index contributed by atoms with van der Waals surface area (Å²) < 4.78 is 17.6. The largest absolute Gasteiger partial charge is 0.494 e. The lowest BCUT2D eigenvalue weighted by Gasteiger charge is -2.04. The number of guanidine groups is 1. The average Bonchev–Trinajstić information content (AvgIpc) is 2.20. The summed E-state index contributed by atoms with van der Waals surface area (Å²) in [6, 6.07) is 3.77. The molecule has 0 saturated carbocycles. The number of methoxy groups -OCH3 is 1. The van der Waals surface area contributed by atoms with Gasteiger partial charge in [-0.1, -0.05) is 0 Å². The Bertz CT molecular complexity index is 354. The van der Waals surface area contributed by atoms with E-state index in [-0.39, 0.29) is 11.7 Å². The van der Waals surface area contributed by atoms with Crippen LogP contribution in [0.5, 0.6) is 5.75 Å². The minimum atomic E-state index is -0.434. The van der Waals surface area contributed by atoms with Gasteiger partial charge in [0.2, 0.25) is 5.96 Å². The predicted molar refractivity (Wildman–Crippen MR) is 49.2 cm³/mol. The molecule has 0 atom stereocenters. The minimum Gasteiger partial charge on any atom is -0.494 e. The van der Waals surface area contributed by atoms with Gasteiger partial charge < -0.3 is 10.5 Å². The zero-order chi connectivity index (χ0) is 10.6. The van der Waals surface area contributed by atoms with E-state index in [1.54, 1.807) is 5.48 Å². The van der Waals surface area contributed by atoms with Crippen LogP contribution in [0.4, 0.5) is 10.1 Å². The van der Waals surface area contributed by atoms with E-state index in [9.17, 15) is 4.39 Å². The maximum absolute atomic E-state index is 12.7. The van der Waals surface area contributed by atoms with E-state index >= 15 is 0 Å². The Morgan fingerprint density at radius 1 is 1.64 bits per heavy atom. The molecule has 4 N–H and O–H groups in total. The normalized spacial score (nSPS) is 11.2. The van der Waals surface area contributed by atoms with Crippen molar-refractivity contribution in [1.29, 1.82) is 0 Å². The van der Waals surface area contributed by atoms with Crippen LogP contribution < -0.4 is 16.0 Å². The summed E-state index contributed by atoms with van der Waals surface area (Å²) in [6.07, 6.45) is 0. The molecule has 1 aromatic rings. The van der Waals surface area contributed by atoms with Gasteiger partial charge >= 0.3 is 0 Å². The van der Waals surface area contributed by atoms with Crippen LogP contribution in [0.3, 0.4) is 0 Å². The molecule has 76 valence electrons. The molecule has 0 heterocycles. The third-order valence-corrected chi connectivity index (χ3v) is 1.50. The molecule has 1 aromatic carbocycles. The molecule has 0 radical (unpaired) electrons. The molecular formula is C8H10FN3O2. The highest BCUT2D eigenvalue weighted by molar-refractivity contribution is 5.80. The minimum absolute atomic E-state index is 0.199. The van der Waals surface area contributed by atoms with Crippen LogP contribution in [0, 0.1) is 5.82 Å². The van der Waals surface area contributed by atoms with Crippen molar-refractivity contribution in [3.05, 3.63) is 24.0 Å². The van der Waals surface area contributed by atoms with Gasteiger partial charge in [-0.05, 0) is 12.1 Å². The summed E-state index contributed by atoms with van der Waals surface area (Å²) in [5.74, 6) is -0.394. The second-order valence-corrected chi connectivity index (χ2v) is 2.43. The molecule has 5 nitrogen and oxygen atoms in total. The van der Waals surface area contributed by atoms with Gasteiger partial charge in [0.05, 0.1) is 7.11 Å². The quantitative estimate of drug-likeness (QED) is 0.373. The zero-order valence-electron chi connectivity index (χ0n) is 7.49. The molecule has 0 fully saturated rings. The number of aliphatic imine (C=N–C) groups is 1. The van der Waals surface area contributed by atoms with Crippen molar-refractivity contribution in [3.63, 3.8) is 0 Å². The fraction of sp³-hybridized carbons (Fsp3) is 0.125. The van der Waals surface area contributed by atoms with Crippen LogP contribution in [0.1, 0.15) is 0 Å². The molecule has 1 rings (SSSR count). The molecule has 0 unspecified atom stereocenters. The van der Waals surface area contributed by atoms with E-state index in [0.717, 1.165) is 0 Å². The molecule has 0 amide bonds. The number of hydrogen-bond acceptors (Lipinski definition) is 3. The standard InChI is InChI=1S/C8H10FN3O2/c1-14-7-4-5(9)2-3-6(7)11-8(10)12-13/h2-4,13H,1H3,(H3,10,11,12). The maximum atomic E-state index is 12.7. The Kier molecular flexibility index (Phi) is 3.24. The first-order valence-electron chi connectivity index (χ1n) is 3.75. The van der Waals surface area contributed by atoms with Crippen LogP contribution in [0.15, 0.2) is 23.2 Å². The van der Waals surface area contributed by atoms with Crippen molar-refractivity contribution in [3.8, 4) is 5.75 Å². The highest BCUT2D eigenvalue weighted by atomic mass is 19.1. The molecule has 0 spiro atoms. The van der Waals surface area contributed by atoms with Crippen LogP contribution >= 0.6 is 0 Å². The van der Waals surface area contributed by atoms with Gasteiger partial charge in [-0.3, -0.25) is 5.21 Å². The molecule has 0 saturated heterocycles. The Morgan fingerprint density at radius 3 is 2.93 bits per heavy atom. The molecule has 6 heteroatoms. The number of nitrogens with zero attached hydrogens (tertiary/aromatic N) is 1. The Morgan fingerprint density at radius 2 is 2.36 bits per heavy atom. The Hall–Kier alpha value is -1.82. The molecular weight excluding hydrogens is 189 g/mol. The van der Waals surface area contributed by atoms with Gasteiger partial charge in [0.1, 0.15) is 17.3 Å². The molecule has 0 bridgehead atoms. The fourth-order valence-corrected chi connectivity index (χ4v) is 0.899. The smallest absolute Gasteiger partial charge is 0.218 e. The first-order valence-corrected chi connectivity index (χ1v) is 3.75. The number of nitrogens with two attached hydrogens (primary N) is 1. The summed E-state index contributed by atoms with van der Waals surface area (Å²) in [4.78, 5) is 3.73. The number of rotatable bonds is 2. The van der Waals surface area contributed by atoms with Crippen LogP contribution in [-0.4, -0.2) is 18.3 Å². The van der Waals surface area contributed by atoms with Gasteiger partial charge in [0, 0.05) is 6.07 Å². The van der Waals surface area contributed by atoms with Crippen LogP contribution in [0.2, 0.25) is 0 Å². The highest BCUT2D eigenvalue weighted by Crippen LogP contribution is 2.27. The van der Waals surface area contributed by atoms with Crippen molar-refractivity contribution >= 4 is 11.6 Å². The molecule has 0 aliphatic rings. The highest BCUT2D eigenvalue weighted by Gasteiger charge is 2.03. The summed E-state index contributed by atoms with van der Waals surface area (Å²) in [7, 11) is 1.39. The van der Waals surface area contributed by atoms with E-state index in [1.165, 1.54) is 25.3 Å². The second-order valence-electron chi connectivity index (χ2n) is 2.43. The molecule has 0 aliphatic heterocycles. The summed E-state index contributed by atoms with van der Waals surface area (Å²) >= 11 is 0. The lowest BCUT2D eigenvalue weighted by molar-refractivity contribution is 0.233. The van der Waals surface area contributed by atoms with Gasteiger partial charge in [0.15, 0.2) is 0 Å². The molecule has 0 aromatic heterocycles. The van der Waals surface area contributed by atoms with Crippen LogP contribution in [0.25, 0.3) is 0 Å². The van der Waals surface area contributed by atoms with Gasteiger partial charge in [-0.25, -0.2) is 14.9 Å². The lowest BCUT2D eigenvalue weighted by atomic mass is 10.3. The van der Waals surface area contributed by atoms with Crippen molar-refractivity contribution in [1.82, 2.24) is 5.48 Å². The average molecular weight is 199 g/mol. The summed E-state index contributed by atoms with van der Waals surface area (Å²) in [6.45, 7) is 0. The molecule has 14 heavy (non-hydrogen) atoms. The van der Waals surface area contributed by atoms with Crippen molar-refractivity contribution < 1.29 is 14.3 Å². The number of hydrogen-bond donors (Lipinski definition) is 3. The first kappa shape index (κ1) is 10.3. The van der Waals surface area contributed by atoms with Crippen LogP contribution in [-0.2, 0) is 0 Å². The van der Waals surface area contributed by atoms with Crippen molar-refractivity contribution in [2.24, 2.45) is 10.7 Å². The number of benzene rings is 1. The predicted octanol–water partition coefficient (Wildman–Crippen LogP) is 0.759. The van der Waals surface area contributed by atoms with Gasteiger partial charge in [-0.2, -0.15) is 0 Å². The number of hydroxylamine groups is 1. The zero-order valence-corrected chi connectivity index (χ0v) is 7.49. The first-order chi connectivity index (χ1) is 6.67. The van der Waals surface area contributed by atoms with E-state index in [1.807, 2.05) is 0 Å². The number of halogens is 1. The second kappa shape index (κ2) is 4.43. The molecule has 0 aliphatic carbocycles. The van der Waals surface area contributed by atoms with E-state index in [2.05, 4.69) is 4.99 Å². The third-order valence-electron chi connectivity index (χ3n) is 1.50.